The third-order valence-corrected chi connectivity index (χ3v) is 14.0. The molecule has 0 saturated heterocycles. The molecule has 0 aliphatic heterocycles. The van der Waals surface area contributed by atoms with E-state index in [-0.39, 0.29) is 18.5 Å². The van der Waals surface area contributed by atoms with Gasteiger partial charge in [0.15, 0.2) is 0 Å². The zero-order valence-electron chi connectivity index (χ0n) is 30.5. The Morgan fingerprint density at radius 3 is 0.706 bits per heavy atom. The van der Waals surface area contributed by atoms with E-state index in [0.717, 1.165) is 50.1 Å². The molecule has 0 bridgehead atoms. The van der Waals surface area contributed by atoms with Gasteiger partial charge in [-0.05, 0) is 110 Å². The van der Waals surface area contributed by atoms with E-state index in [1.165, 1.54) is 0 Å². The van der Waals surface area contributed by atoms with Crippen molar-refractivity contribution in [1.82, 2.24) is 0 Å². The maximum atomic E-state index is 13.2. The Balaban J connectivity index is 1.71. The third kappa shape index (κ3) is 11.9. The molecule has 0 fully saturated rings. The Kier molecular flexibility index (Phi) is 15.6. The zero-order valence-corrected chi connectivity index (χ0v) is 33.2. The Hall–Kier alpha value is -2.67. The molecule has 0 radical (unpaired) electrons. The van der Waals surface area contributed by atoms with E-state index in [2.05, 4.69) is 18.2 Å². The molecule has 4 aromatic rings. The summed E-state index contributed by atoms with van der Waals surface area (Å²) in [5, 5.41) is 0. The van der Waals surface area contributed by atoms with E-state index >= 15 is 0 Å². The van der Waals surface area contributed by atoms with Crippen LogP contribution in [-0.2, 0) is 59.3 Å². The fourth-order valence-electron chi connectivity index (χ4n) is 5.77. The van der Waals surface area contributed by atoms with E-state index < -0.39 is 22.8 Å². The smallest absolute Gasteiger partial charge is 0.309 e. The molecule has 0 aromatic heterocycles. The lowest BCUT2D eigenvalue weighted by atomic mass is 9.92. The van der Waals surface area contributed by atoms with Gasteiger partial charge in [-0.1, -0.05) is 72.8 Å². The molecule has 0 heterocycles. The largest absolute Gasteiger partial charge is 0.335 e. The molecule has 0 saturated carbocycles. The standard InChI is InChI=1S/C39H51O9P3/c1-7-43-49(40,44-8-2)28-31-13-19-34(20-14-31)37-25-38(35-21-15-32(16-22-35)29-50(41,45-9-3)46-10-4)27-39(26-37)36-23-17-33(18-24-36)30-51(42,47-11-5)48-12-6/h13-27H,7-12,28-30H2,1-6H3. The summed E-state index contributed by atoms with van der Waals surface area (Å²) < 4.78 is 72.6. The van der Waals surface area contributed by atoms with E-state index in [1.807, 2.05) is 72.8 Å². The van der Waals surface area contributed by atoms with Crippen LogP contribution < -0.4 is 0 Å². The molecule has 0 atom stereocenters. The lowest BCUT2D eigenvalue weighted by Crippen LogP contribution is -1.99. The summed E-state index contributed by atoms with van der Waals surface area (Å²) in [5.74, 6) is 0. The fourth-order valence-corrected chi connectivity index (χ4v) is 10.9. The van der Waals surface area contributed by atoms with Crippen molar-refractivity contribution in [1.29, 1.82) is 0 Å². The predicted octanol–water partition coefficient (Wildman–Crippen LogP) is 12.0. The monoisotopic (exact) mass is 756 g/mol. The molecule has 51 heavy (non-hydrogen) atoms. The Morgan fingerprint density at radius 1 is 0.333 bits per heavy atom. The Labute approximate surface area is 303 Å². The summed E-state index contributed by atoms with van der Waals surface area (Å²) in [7, 11) is -9.73. The Bertz CT molecular complexity index is 1570. The van der Waals surface area contributed by atoms with Crippen molar-refractivity contribution in [3.63, 3.8) is 0 Å². The average molecular weight is 757 g/mol. The second-order valence-corrected chi connectivity index (χ2v) is 17.9. The molecule has 0 spiro atoms. The molecule has 0 aliphatic carbocycles. The van der Waals surface area contributed by atoms with Crippen LogP contribution in [0.5, 0.6) is 0 Å². The van der Waals surface area contributed by atoms with Crippen LogP contribution in [0.2, 0.25) is 0 Å². The van der Waals surface area contributed by atoms with Crippen molar-refractivity contribution < 1.29 is 40.8 Å². The molecule has 0 unspecified atom stereocenters. The van der Waals surface area contributed by atoms with Crippen molar-refractivity contribution in [2.75, 3.05) is 39.6 Å². The minimum atomic E-state index is -3.24. The van der Waals surface area contributed by atoms with Crippen LogP contribution in [-0.4, -0.2) is 39.6 Å². The summed E-state index contributed by atoms with van der Waals surface area (Å²) in [6.07, 6.45) is 0.577. The summed E-state index contributed by atoms with van der Waals surface area (Å²) in [5.41, 5.74) is 8.53. The van der Waals surface area contributed by atoms with Crippen LogP contribution in [0.25, 0.3) is 33.4 Å². The fraction of sp³-hybridized carbons (Fsp3) is 0.385. The van der Waals surface area contributed by atoms with Gasteiger partial charge in [-0.15, -0.1) is 0 Å². The van der Waals surface area contributed by atoms with Crippen LogP contribution in [0.4, 0.5) is 0 Å². The SMILES string of the molecule is CCOP(=O)(Cc1ccc(-c2cc(-c3ccc(CP(=O)(OCC)OCC)cc3)cc(-c3ccc(CP(=O)(OCC)OCC)cc3)c2)cc1)OCC. The molecule has 4 rings (SSSR count). The van der Waals surface area contributed by atoms with Crippen LogP contribution in [0.3, 0.4) is 0 Å². The maximum Gasteiger partial charge on any atom is 0.335 e. The normalized spacial score (nSPS) is 12.4. The van der Waals surface area contributed by atoms with Crippen LogP contribution in [0.15, 0.2) is 91.0 Å². The third-order valence-electron chi connectivity index (χ3n) is 7.88. The molecule has 276 valence electrons. The second-order valence-electron chi connectivity index (χ2n) is 11.7. The minimum Gasteiger partial charge on any atom is -0.309 e. The number of hydrogen-bond donors (Lipinski definition) is 0. The first-order chi connectivity index (χ1) is 24.5. The second kappa shape index (κ2) is 19.4. The topological polar surface area (TPSA) is 107 Å². The van der Waals surface area contributed by atoms with Crippen LogP contribution in [0.1, 0.15) is 58.2 Å². The van der Waals surface area contributed by atoms with Gasteiger partial charge in [-0.25, -0.2) is 0 Å². The maximum absolute atomic E-state index is 13.2. The van der Waals surface area contributed by atoms with Gasteiger partial charge in [-0.2, -0.15) is 0 Å². The average Bonchev–Trinajstić information content (AvgIpc) is 3.09. The predicted molar refractivity (Wildman–Crippen MR) is 206 cm³/mol. The van der Waals surface area contributed by atoms with Gasteiger partial charge in [-0.3, -0.25) is 13.7 Å². The van der Waals surface area contributed by atoms with Gasteiger partial charge in [0.25, 0.3) is 0 Å². The van der Waals surface area contributed by atoms with Gasteiger partial charge in [0, 0.05) is 0 Å². The van der Waals surface area contributed by atoms with Crippen molar-refractivity contribution in [2.24, 2.45) is 0 Å². The van der Waals surface area contributed by atoms with E-state index in [0.29, 0.717) is 39.6 Å². The molecule has 9 nitrogen and oxygen atoms in total. The minimum absolute atomic E-state index is 0.192. The van der Waals surface area contributed by atoms with E-state index in [1.54, 1.807) is 41.5 Å². The molecular formula is C39H51O9P3. The Morgan fingerprint density at radius 2 is 0.529 bits per heavy atom. The quantitative estimate of drug-likeness (QED) is 0.0768. The van der Waals surface area contributed by atoms with E-state index in [4.69, 9.17) is 27.1 Å². The van der Waals surface area contributed by atoms with Gasteiger partial charge in [0.05, 0.1) is 58.1 Å². The van der Waals surface area contributed by atoms with Crippen LogP contribution in [0, 0.1) is 0 Å². The van der Waals surface area contributed by atoms with Crippen molar-refractivity contribution in [2.45, 2.75) is 60.0 Å². The summed E-state index contributed by atoms with van der Waals surface area (Å²) in [6.45, 7) is 12.7. The zero-order chi connectivity index (χ0) is 36.9. The molecule has 0 N–H and O–H groups in total. The van der Waals surface area contributed by atoms with Crippen molar-refractivity contribution in [3.8, 4) is 33.4 Å². The number of benzene rings is 4. The van der Waals surface area contributed by atoms with Crippen molar-refractivity contribution >= 4 is 22.8 Å². The highest BCUT2D eigenvalue weighted by Gasteiger charge is 2.26. The first-order valence-corrected chi connectivity index (χ1v) is 22.8. The van der Waals surface area contributed by atoms with Crippen molar-refractivity contribution in [3.05, 3.63) is 108 Å². The molecular weight excluding hydrogens is 705 g/mol. The first-order valence-electron chi connectivity index (χ1n) is 17.6. The van der Waals surface area contributed by atoms with Gasteiger partial charge < -0.3 is 27.1 Å². The van der Waals surface area contributed by atoms with Crippen LogP contribution >= 0.6 is 22.8 Å². The molecule has 4 aromatic carbocycles. The van der Waals surface area contributed by atoms with Gasteiger partial charge in [0.2, 0.25) is 0 Å². The van der Waals surface area contributed by atoms with Gasteiger partial charge >= 0.3 is 22.8 Å². The van der Waals surface area contributed by atoms with Gasteiger partial charge in [0.1, 0.15) is 0 Å². The highest BCUT2D eigenvalue weighted by Crippen LogP contribution is 2.53. The highest BCUT2D eigenvalue weighted by molar-refractivity contribution is 7.53. The number of hydrogen-bond acceptors (Lipinski definition) is 9. The molecule has 0 aliphatic rings. The highest BCUT2D eigenvalue weighted by atomic mass is 31.2. The summed E-state index contributed by atoms with van der Waals surface area (Å²) >= 11 is 0. The molecule has 0 amide bonds. The first kappa shape index (κ1) is 41.1. The molecule has 12 heteroatoms. The lowest BCUT2D eigenvalue weighted by molar-refractivity contribution is 0.218. The lowest BCUT2D eigenvalue weighted by Gasteiger charge is -2.18. The summed E-state index contributed by atoms with van der Waals surface area (Å²) in [6, 6.07) is 30.3. The number of rotatable bonds is 21. The summed E-state index contributed by atoms with van der Waals surface area (Å²) in [4.78, 5) is 0. The van der Waals surface area contributed by atoms with E-state index in [9.17, 15) is 13.7 Å².